The van der Waals surface area contributed by atoms with E-state index in [1.165, 1.54) is 29.1 Å². The standard InChI is InChI=1S/C21H26ClNO4S/c1-12(2)27-19-14(22)8-13(9-15(19)26-7)10-16-20(25)23(6)18(28-16)11-17(24)21(3,4)5/h8-12H,1-7H3/b16-10-,18-11-. The van der Waals surface area contributed by atoms with Crippen molar-refractivity contribution in [1.82, 2.24) is 4.57 Å². The Morgan fingerprint density at radius 1 is 1.29 bits per heavy atom. The number of carbonyl (C=O) groups is 1. The van der Waals surface area contributed by atoms with E-state index in [2.05, 4.69) is 0 Å². The van der Waals surface area contributed by atoms with E-state index in [0.29, 0.717) is 31.3 Å². The molecule has 28 heavy (non-hydrogen) atoms. The van der Waals surface area contributed by atoms with Gasteiger partial charge in [-0.05, 0) is 37.6 Å². The third-order valence-corrected chi connectivity index (χ3v) is 5.35. The number of thiazole rings is 1. The highest BCUT2D eigenvalue weighted by molar-refractivity contribution is 7.07. The van der Waals surface area contributed by atoms with E-state index >= 15 is 0 Å². The smallest absolute Gasteiger partial charge is 0.268 e. The zero-order valence-corrected chi connectivity index (χ0v) is 18.8. The zero-order valence-electron chi connectivity index (χ0n) is 17.3. The summed E-state index contributed by atoms with van der Waals surface area (Å²) in [4.78, 5) is 24.9. The molecule has 0 saturated heterocycles. The van der Waals surface area contributed by atoms with Crippen LogP contribution in [0.15, 0.2) is 16.9 Å². The molecule has 1 heterocycles. The first-order valence-corrected chi connectivity index (χ1v) is 10.1. The Labute approximate surface area is 173 Å². The van der Waals surface area contributed by atoms with Crippen LogP contribution in [0.25, 0.3) is 12.2 Å². The van der Waals surface area contributed by atoms with Crippen molar-refractivity contribution in [2.75, 3.05) is 7.11 Å². The van der Waals surface area contributed by atoms with Crippen LogP contribution in [0.3, 0.4) is 0 Å². The van der Waals surface area contributed by atoms with Crippen LogP contribution in [0.2, 0.25) is 5.02 Å². The molecule has 0 N–H and O–H groups in total. The molecule has 0 fully saturated rings. The van der Waals surface area contributed by atoms with Crippen molar-refractivity contribution >= 4 is 40.9 Å². The van der Waals surface area contributed by atoms with Gasteiger partial charge in [0.2, 0.25) is 0 Å². The number of rotatable bonds is 5. The largest absolute Gasteiger partial charge is 0.493 e. The number of hydrogen-bond acceptors (Lipinski definition) is 5. The second-order valence-electron chi connectivity index (χ2n) is 7.77. The maximum absolute atomic E-state index is 12.6. The molecule has 2 rings (SSSR count). The van der Waals surface area contributed by atoms with Gasteiger partial charge in [-0.1, -0.05) is 32.4 Å². The van der Waals surface area contributed by atoms with Crippen molar-refractivity contribution in [2.45, 2.75) is 40.7 Å². The van der Waals surface area contributed by atoms with Gasteiger partial charge < -0.3 is 14.0 Å². The minimum atomic E-state index is -0.503. The summed E-state index contributed by atoms with van der Waals surface area (Å²) in [5.74, 6) is 0.937. The molecule has 0 amide bonds. The summed E-state index contributed by atoms with van der Waals surface area (Å²) in [5, 5.41) is 0.405. The molecule has 2 aromatic rings. The molecule has 0 atom stereocenters. The highest BCUT2D eigenvalue weighted by Crippen LogP contribution is 2.37. The molecule has 0 spiro atoms. The van der Waals surface area contributed by atoms with Gasteiger partial charge in [0.25, 0.3) is 5.56 Å². The fourth-order valence-electron chi connectivity index (χ4n) is 2.36. The monoisotopic (exact) mass is 423 g/mol. The van der Waals surface area contributed by atoms with Crippen LogP contribution in [0.1, 0.15) is 40.2 Å². The van der Waals surface area contributed by atoms with Gasteiger partial charge in [-0.15, -0.1) is 11.3 Å². The van der Waals surface area contributed by atoms with Gasteiger partial charge in [0.05, 0.1) is 22.8 Å². The summed E-state index contributed by atoms with van der Waals surface area (Å²) in [7, 11) is 3.20. The Balaban J connectivity index is 2.59. The molecule has 0 aliphatic carbocycles. The van der Waals surface area contributed by atoms with Crippen LogP contribution >= 0.6 is 22.9 Å². The van der Waals surface area contributed by atoms with E-state index in [1.54, 1.807) is 25.3 Å². The lowest BCUT2D eigenvalue weighted by molar-refractivity contribution is -0.120. The van der Waals surface area contributed by atoms with Crippen molar-refractivity contribution in [3.63, 3.8) is 0 Å². The quantitative estimate of drug-likeness (QED) is 0.741. The number of hydrogen-bond donors (Lipinski definition) is 0. The molecule has 0 saturated carbocycles. The number of nitrogens with zero attached hydrogens (tertiary/aromatic N) is 1. The molecule has 152 valence electrons. The number of methoxy groups -OCH3 is 1. The number of benzene rings is 1. The van der Waals surface area contributed by atoms with Gasteiger partial charge in [0, 0.05) is 18.5 Å². The second-order valence-corrected chi connectivity index (χ2v) is 9.24. The van der Waals surface area contributed by atoms with Crippen LogP contribution in [0.5, 0.6) is 11.5 Å². The predicted octanol–water partition coefficient (Wildman–Crippen LogP) is 3.12. The SMILES string of the molecule is COc1cc(/C=c2\s/c(=C\C(=O)C(C)(C)C)n(C)c2=O)cc(Cl)c1OC(C)C. The average Bonchev–Trinajstić information content (AvgIpc) is 2.84. The number of aromatic nitrogens is 1. The first-order valence-electron chi connectivity index (χ1n) is 8.92. The number of Topliss-reactive ketones (excluding diaryl/α,β-unsaturated/α-hetero) is 1. The van der Waals surface area contributed by atoms with Crippen LogP contribution in [-0.2, 0) is 11.8 Å². The Bertz CT molecular complexity index is 1060. The number of carbonyl (C=O) groups excluding carboxylic acids is 1. The Morgan fingerprint density at radius 3 is 2.46 bits per heavy atom. The topological polar surface area (TPSA) is 57.5 Å². The van der Waals surface area contributed by atoms with Gasteiger partial charge in [0.1, 0.15) is 4.66 Å². The van der Waals surface area contributed by atoms with Crippen molar-refractivity contribution in [3.8, 4) is 11.5 Å². The summed E-state index contributed by atoms with van der Waals surface area (Å²) in [5.41, 5.74) is 0.0398. The number of ketones is 1. The summed E-state index contributed by atoms with van der Waals surface area (Å²) >= 11 is 7.63. The Morgan fingerprint density at radius 2 is 1.93 bits per heavy atom. The molecular weight excluding hydrogens is 398 g/mol. The normalized spacial score (nSPS) is 13.3. The van der Waals surface area contributed by atoms with E-state index in [4.69, 9.17) is 21.1 Å². The molecule has 5 nitrogen and oxygen atoms in total. The number of halogens is 1. The average molecular weight is 424 g/mol. The minimum absolute atomic E-state index is 0.0317. The molecule has 1 aromatic carbocycles. The lowest BCUT2D eigenvalue weighted by Gasteiger charge is -2.15. The maximum atomic E-state index is 12.6. The van der Waals surface area contributed by atoms with E-state index in [1.807, 2.05) is 34.6 Å². The van der Waals surface area contributed by atoms with Crippen LogP contribution in [0, 0.1) is 5.41 Å². The Kier molecular flexibility index (Phi) is 6.78. The molecule has 0 unspecified atom stereocenters. The molecular formula is C21H26ClNO4S. The van der Waals surface area contributed by atoms with Gasteiger partial charge in [-0.2, -0.15) is 0 Å². The second kappa shape index (κ2) is 8.53. The number of ether oxygens (including phenoxy) is 2. The summed E-state index contributed by atoms with van der Waals surface area (Å²) < 4.78 is 13.7. The lowest BCUT2D eigenvalue weighted by atomic mass is 9.91. The van der Waals surface area contributed by atoms with E-state index in [9.17, 15) is 9.59 Å². The summed E-state index contributed by atoms with van der Waals surface area (Å²) in [6, 6.07) is 3.50. The fourth-order valence-corrected chi connectivity index (χ4v) is 3.65. The molecule has 0 radical (unpaired) electrons. The van der Waals surface area contributed by atoms with Gasteiger partial charge in [-0.25, -0.2) is 0 Å². The molecule has 0 bridgehead atoms. The molecule has 1 aromatic heterocycles. The Hall–Kier alpha value is -2.05. The van der Waals surface area contributed by atoms with Gasteiger partial charge >= 0.3 is 0 Å². The van der Waals surface area contributed by atoms with Crippen molar-refractivity contribution in [3.05, 3.63) is 42.3 Å². The molecule has 0 aliphatic heterocycles. The summed E-state index contributed by atoms with van der Waals surface area (Å²) in [6.07, 6.45) is 3.21. The van der Waals surface area contributed by atoms with E-state index in [0.717, 1.165) is 0 Å². The molecule has 7 heteroatoms. The van der Waals surface area contributed by atoms with Crippen LogP contribution in [-0.4, -0.2) is 23.6 Å². The fraction of sp³-hybridized carbons (Fsp3) is 0.429. The van der Waals surface area contributed by atoms with Crippen molar-refractivity contribution in [1.29, 1.82) is 0 Å². The predicted molar refractivity (Wildman–Crippen MR) is 115 cm³/mol. The van der Waals surface area contributed by atoms with Crippen molar-refractivity contribution < 1.29 is 14.3 Å². The maximum Gasteiger partial charge on any atom is 0.268 e. The zero-order chi connectivity index (χ0) is 21.2. The van der Waals surface area contributed by atoms with E-state index in [-0.39, 0.29) is 17.4 Å². The molecule has 0 aliphatic rings. The minimum Gasteiger partial charge on any atom is -0.493 e. The highest BCUT2D eigenvalue weighted by atomic mass is 35.5. The lowest BCUT2D eigenvalue weighted by Crippen LogP contribution is -2.30. The van der Waals surface area contributed by atoms with Gasteiger partial charge in [-0.3, -0.25) is 9.59 Å². The van der Waals surface area contributed by atoms with Gasteiger partial charge in [0.15, 0.2) is 17.3 Å². The third kappa shape index (κ3) is 5.06. The van der Waals surface area contributed by atoms with Crippen molar-refractivity contribution in [2.24, 2.45) is 12.5 Å². The van der Waals surface area contributed by atoms with Crippen LogP contribution < -0.4 is 24.2 Å². The summed E-state index contributed by atoms with van der Waals surface area (Å²) in [6.45, 7) is 9.35. The highest BCUT2D eigenvalue weighted by Gasteiger charge is 2.19. The first kappa shape index (κ1) is 22.2. The first-order chi connectivity index (χ1) is 12.9. The van der Waals surface area contributed by atoms with Crippen LogP contribution in [0.4, 0.5) is 0 Å². The van der Waals surface area contributed by atoms with E-state index < -0.39 is 5.41 Å². The third-order valence-electron chi connectivity index (χ3n) is 3.96.